The largest absolute Gasteiger partial charge is 0.364 e. The molecule has 0 amide bonds. The minimum atomic E-state index is -1.22. The molecule has 0 N–H and O–H groups in total. The highest BCUT2D eigenvalue weighted by Gasteiger charge is 2.73. The normalized spacial score (nSPS) is 26.2. The molecule has 4 aromatic carbocycles. The molecule has 0 saturated carbocycles. The summed E-state index contributed by atoms with van der Waals surface area (Å²) in [5.41, 5.74) is 6.29. The minimum absolute atomic E-state index is 0.0128. The Kier molecular flexibility index (Phi) is 14.4. The first-order valence-corrected chi connectivity index (χ1v) is 26.1. The molecule has 6 nitrogen and oxygen atoms in total. The average molecular weight is 883 g/mol. The van der Waals surface area contributed by atoms with Crippen LogP contribution in [0.5, 0.6) is 0 Å². The van der Waals surface area contributed by atoms with Crippen LogP contribution in [0.3, 0.4) is 0 Å². The number of nitriles is 2. The predicted octanol–water partition coefficient (Wildman–Crippen LogP) is 14.9. The maximum atomic E-state index is 15.0. The van der Waals surface area contributed by atoms with Gasteiger partial charge in [0, 0.05) is 11.1 Å². The number of ketones is 2. The Morgan fingerprint density at radius 1 is 0.485 bits per heavy atom. The molecule has 2 fully saturated rings. The van der Waals surface area contributed by atoms with Gasteiger partial charge in [-0.3, -0.25) is 9.59 Å². The van der Waals surface area contributed by atoms with Gasteiger partial charge in [-0.25, -0.2) is 0 Å². The first-order valence-electron chi connectivity index (χ1n) is 26.1. The highest BCUT2D eigenvalue weighted by atomic mass is 16.5. The van der Waals surface area contributed by atoms with Crippen molar-refractivity contribution in [2.75, 3.05) is 0 Å². The molecule has 4 bridgehead atoms. The quantitative estimate of drug-likeness (QED) is 0.0650. The second kappa shape index (κ2) is 20.6. The highest BCUT2D eigenvalue weighted by Crippen LogP contribution is 2.70. The number of carbonyl (C=O) groups excluding carboxylic acids is 2. The fourth-order valence-corrected chi connectivity index (χ4v) is 12.9. The van der Waals surface area contributed by atoms with E-state index < -0.39 is 47.1 Å². The minimum Gasteiger partial charge on any atom is -0.364 e. The lowest BCUT2D eigenvalue weighted by atomic mass is 9.59. The van der Waals surface area contributed by atoms with E-state index in [-0.39, 0.29) is 11.6 Å². The van der Waals surface area contributed by atoms with Crippen LogP contribution >= 0.6 is 0 Å². The summed E-state index contributed by atoms with van der Waals surface area (Å²) in [5, 5.41) is 21.8. The molecule has 9 rings (SSSR count). The van der Waals surface area contributed by atoms with Crippen LogP contribution in [0, 0.1) is 46.3 Å². The van der Waals surface area contributed by atoms with Crippen molar-refractivity contribution >= 4 is 11.6 Å². The van der Waals surface area contributed by atoms with Gasteiger partial charge in [-0.1, -0.05) is 190 Å². The topological polar surface area (TPSA) is 100 Å². The van der Waals surface area contributed by atoms with Crippen LogP contribution in [-0.4, -0.2) is 11.6 Å². The number of hydrogen-bond acceptors (Lipinski definition) is 6. The summed E-state index contributed by atoms with van der Waals surface area (Å²) in [6.45, 7) is 4.54. The Labute approximate surface area is 394 Å². The maximum Gasteiger partial charge on any atom is 0.170 e. The molecule has 66 heavy (non-hydrogen) atoms. The summed E-state index contributed by atoms with van der Waals surface area (Å²) in [4.78, 5) is 30.0. The van der Waals surface area contributed by atoms with Gasteiger partial charge in [0.1, 0.15) is 23.0 Å². The van der Waals surface area contributed by atoms with Crippen LogP contribution in [0.1, 0.15) is 220 Å². The molecule has 8 atom stereocenters. The molecule has 2 saturated heterocycles. The predicted molar refractivity (Wildman–Crippen MR) is 260 cm³/mol. The molecule has 4 heterocycles. The lowest BCUT2D eigenvalue weighted by Crippen LogP contribution is -2.41. The third-order valence-electron chi connectivity index (χ3n) is 16.3. The van der Waals surface area contributed by atoms with Crippen molar-refractivity contribution < 1.29 is 19.1 Å². The lowest BCUT2D eigenvalue weighted by Gasteiger charge is -2.37. The number of fused-ring (bicyclic) bond motifs is 14. The molecule has 5 aliphatic rings. The Hall–Kier alpha value is -4.88. The van der Waals surface area contributed by atoms with Gasteiger partial charge in [0.15, 0.2) is 11.6 Å². The molecule has 4 aliphatic heterocycles. The van der Waals surface area contributed by atoms with Crippen LogP contribution in [0.2, 0.25) is 0 Å². The zero-order chi connectivity index (χ0) is 45.7. The van der Waals surface area contributed by atoms with Crippen molar-refractivity contribution in [1.29, 1.82) is 10.5 Å². The summed E-state index contributed by atoms with van der Waals surface area (Å²) in [5.74, 6) is -2.80. The van der Waals surface area contributed by atoms with Crippen LogP contribution < -0.4 is 0 Å². The molecule has 6 heteroatoms. The second-order valence-electron chi connectivity index (χ2n) is 20.3. The van der Waals surface area contributed by atoms with Gasteiger partial charge in [-0.2, -0.15) is 10.5 Å². The van der Waals surface area contributed by atoms with E-state index in [0.717, 1.165) is 59.1 Å². The number of benzene rings is 4. The van der Waals surface area contributed by atoms with Crippen molar-refractivity contribution in [2.24, 2.45) is 23.7 Å². The van der Waals surface area contributed by atoms with Crippen molar-refractivity contribution in [2.45, 2.75) is 179 Å². The van der Waals surface area contributed by atoms with Crippen molar-refractivity contribution in [1.82, 2.24) is 0 Å². The molecule has 0 aromatic heterocycles. The van der Waals surface area contributed by atoms with Gasteiger partial charge in [0.25, 0.3) is 0 Å². The number of hydrogen-bond donors (Lipinski definition) is 0. The van der Waals surface area contributed by atoms with E-state index in [1.165, 1.54) is 127 Å². The van der Waals surface area contributed by atoms with Crippen LogP contribution in [0.25, 0.3) is 0 Å². The van der Waals surface area contributed by atoms with Gasteiger partial charge in [0.2, 0.25) is 0 Å². The summed E-state index contributed by atoms with van der Waals surface area (Å²) < 4.78 is 14.2. The number of nitrogens with zero attached hydrogens (tertiary/aromatic N) is 2. The summed E-state index contributed by atoms with van der Waals surface area (Å²) in [6, 6.07) is 33.2. The van der Waals surface area contributed by atoms with Crippen LogP contribution in [0.4, 0.5) is 0 Å². The Morgan fingerprint density at radius 3 is 1.18 bits per heavy atom. The molecule has 0 radical (unpaired) electrons. The Morgan fingerprint density at radius 2 is 0.833 bits per heavy atom. The molecule has 1 aliphatic carbocycles. The van der Waals surface area contributed by atoms with Crippen molar-refractivity contribution in [3.63, 3.8) is 0 Å². The van der Waals surface area contributed by atoms with E-state index in [1.807, 2.05) is 60.7 Å². The van der Waals surface area contributed by atoms with Crippen LogP contribution in [-0.2, 0) is 33.5 Å². The van der Waals surface area contributed by atoms with E-state index in [4.69, 9.17) is 9.47 Å². The SMILES string of the molecule is CCCCCCCCCCCCc1cc2c(cc1CCCCCCCCCCCC)C(=O)[C@H]1[C@@H](C2=O)[C@@H]2O[C@H]1c1cc3c(cc12)C1(c2ccccc2)OC3(c2ccccc2)[C@H](C#N)[C@H]1C#N. The maximum absolute atomic E-state index is 15.0. The highest BCUT2D eigenvalue weighted by molar-refractivity contribution is 6.17. The van der Waals surface area contributed by atoms with E-state index in [0.29, 0.717) is 11.1 Å². The molecular formula is C60H70N2O4. The third kappa shape index (κ3) is 8.09. The number of aryl methyl sites for hydroxylation is 2. The molecule has 344 valence electrons. The van der Waals surface area contributed by atoms with Gasteiger partial charge in [-0.05, 0) is 94.5 Å². The molecule has 4 aromatic rings. The average Bonchev–Trinajstić information content (AvgIpc) is 4.09. The monoisotopic (exact) mass is 883 g/mol. The first kappa shape index (κ1) is 46.2. The van der Waals surface area contributed by atoms with E-state index in [9.17, 15) is 10.5 Å². The van der Waals surface area contributed by atoms with Gasteiger partial charge >= 0.3 is 0 Å². The molecular weight excluding hydrogens is 813 g/mol. The van der Waals surface area contributed by atoms with E-state index in [2.05, 4.69) is 50.3 Å². The van der Waals surface area contributed by atoms with Gasteiger partial charge in [0.05, 0.1) is 36.2 Å². The fraction of sp³-hybridized carbons (Fsp3) is 0.533. The number of Topliss-reactive ketones (excluding diaryl/α,β-unsaturated/α-hetero) is 2. The van der Waals surface area contributed by atoms with Gasteiger partial charge in [-0.15, -0.1) is 0 Å². The summed E-state index contributed by atoms with van der Waals surface area (Å²) in [6.07, 6.45) is 26.2. The summed E-state index contributed by atoms with van der Waals surface area (Å²) >= 11 is 0. The number of carbonyl (C=O) groups is 2. The number of rotatable bonds is 24. The van der Waals surface area contributed by atoms with E-state index >= 15 is 9.59 Å². The number of unbranched alkanes of at least 4 members (excludes halogenated alkanes) is 18. The van der Waals surface area contributed by atoms with Crippen LogP contribution in [0.15, 0.2) is 84.9 Å². The van der Waals surface area contributed by atoms with Crippen molar-refractivity contribution in [3.8, 4) is 12.1 Å². The third-order valence-corrected chi connectivity index (χ3v) is 16.3. The molecule has 2 unspecified atom stereocenters. The van der Waals surface area contributed by atoms with E-state index in [1.54, 1.807) is 0 Å². The number of ether oxygens (including phenoxy) is 2. The second-order valence-corrected chi connectivity index (χ2v) is 20.3. The summed E-state index contributed by atoms with van der Waals surface area (Å²) in [7, 11) is 0. The first-order chi connectivity index (χ1) is 32.4. The van der Waals surface area contributed by atoms with Crippen molar-refractivity contribution in [3.05, 3.63) is 141 Å². The Bertz CT molecular complexity index is 2280. The fourth-order valence-electron chi connectivity index (χ4n) is 12.9. The smallest absolute Gasteiger partial charge is 0.170 e. The standard InChI is InChI=1S/C60H70N2O4/c1-3-5-7-9-11-13-15-17-19-23-29-41-35-45-46(36-42(41)30-24-20-18-16-14-12-10-8-6-4-2)56(64)54-53(55(45)63)57-47-37-49-50(38-48(47)58(54)65-57)60(44-33-27-22-28-34-44)52(40-62)51(39-61)59(49,66-60)43-31-25-21-26-32-43/h21-22,25-28,31-38,51-54,57-58H,3-20,23-24,29-30H2,1-2H3/t51-,52-,53-,54+,57+,58-,59?,60?/m1/s1. The zero-order valence-corrected chi connectivity index (χ0v) is 39.6. The van der Waals surface area contributed by atoms with Gasteiger partial charge < -0.3 is 9.47 Å². The zero-order valence-electron chi connectivity index (χ0n) is 39.6. The Balaban J connectivity index is 1.000. The lowest BCUT2D eigenvalue weighted by molar-refractivity contribution is -0.0510. The molecule has 0 spiro atoms.